The fourth-order valence-electron chi connectivity index (χ4n) is 1.10. The lowest BCUT2D eigenvalue weighted by Crippen LogP contribution is -2.32. The minimum atomic E-state index is -1.56. The number of rotatable bonds is 3. The highest BCUT2D eigenvalue weighted by Gasteiger charge is 2.15. The molecule has 0 aromatic heterocycles. The molecule has 0 saturated heterocycles. The number of aliphatic hydroxyl groups is 1. The van der Waals surface area contributed by atoms with Gasteiger partial charge in [0, 0.05) is 0 Å². The Kier molecular flexibility index (Phi) is 3.30. The van der Waals surface area contributed by atoms with Gasteiger partial charge in [-0.3, -0.25) is 0 Å². The van der Waals surface area contributed by atoms with Gasteiger partial charge < -0.3 is 19.9 Å². The van der Waals surface area contributed by atoms with Crippen molar-refractivity contribution in [2.24, 2.45) is 0 Å². The SMILES string of the molecule is COc1ccc(B(O)O)c(CO)c1. The number of benzene rings is 1. The molecule has 4 nitrogen and oxygen atoms in total. The predicted octanol–water partition coefficient (Wildman–Crippen LogP) is -1.13. The molecule has 1 rings (SSSR count). The zero-order valence-corrected chi connectivity index (χ0v) is 7.27. The molecule has 3 N–H and O–H groups in total. The molecule has 0 heterocycles. The molecule has 1 aromatic rings. The maximum absolute atomic E-state index is 8.91. The van der Waals surface area contributed by atoms with Crippen LogP contribution in [0.25, 0.3) is 0 Å². The van der Waals surface area contributed by atoms with E-state index < -0.39 is 7.12 Å². The van der Waals surface area contributed by atoms with Crippen LogP contribution in [0.3, 0.4) is 0 Å². The molecule has 0 saturated carbocycles. The van der Waals surface area contributed by atoms with E-state index in [0.29, 0.717) is 16.8 Å². The van der Waals surface area contributed by atoms with Gasteiger partial charge in [0.05, 0.1) is 13.7 Å². The third kappa shape index (κ3) is 2.21. The Morgan fingerprint density at radius 1 is 1.38 bits per heavy atom. The van der Waals surface area contributed by atoms with E-state index in [0.717, 1.165) is 0 Å². The van der Waals surface area contributed by atoms with Crippen LogP contribution in [0.1, 0.15) is 5.56 Å². The molecule has 0 amide bonds. The quantitative estimate of drug-likeness (QED) is 0.517. The monoisotopic (exact) mass is 182 g/mol. The normalized spacial score (nSPS) is 9.85. The van der Waals surface area contributed by atoms with Crippen LogP contribution in [0, 0.1) is 0 Å². The van der Waals surface area contributed by atoms with Gasteiger partial charge in [-0.05, 0) is 23.2 Å². The number of methoxy groups -OCH3 is 1. The first-order valence-electron chi connectivity index (χ1n) is 3.83. The molecule has 0 aliphatic heterocycles. The van der Waals surface area contributed by atoms with Gasteiger partial charge in [-0.2, -0.15) is 0 Å². The summed E-state index contributed by atoms with van der Waals surface area (Å²) in [5.41, 5.74) is 0.748. The van der Waals surface area contributed by atoms with Crippen LogP contribution in [0.4, 0.5) is 0 Å². The lowest BCUT2D eigenvalue weighted by molar-refractivity contribution is 0.281. The highest BCUT2D eigenvalue weighted by atomic mass is 16.5. The Morgan fingerprint density at radius 2 is 2.08 bits per heavy atom. The van der Waals surface area contributed by atoms with E-state index in [2.05, 4.69) is 0 Å². The van der Waals surface area contributed by atoms with Crippen molar-refractivity contribution in [1.82, 2.24) is 0 Å². The molecule has 0 aliphatic carbocycles. The molecule has 0 radical (unpaired) electrons. The minimum Gasteiger partial charge on any atom is -0.497 e. The van der Waals surface area contributed by atoms with E-state index in [4.69, 9.17) is 19.9 Å². The maximum atomic E-state index is 8.91. The van der Waals surface area contributed by atoms with E-state index in [1.165, 1.54) is 13.2 Å². The second-order valence-corrected chi connectivity index (χ2v) is 2.60. The van der Waals surface area contributed by atoms with Crippen molar-refractivity contribution in [2.75, 3.05) is 7.11 Å². The molecule has 0 spiro atoms. The molecule has 70 valence electrons. The molecule has 0 unspecified atom stereocenters. The molecule has 5 heteroatoms. The van der Waals surface area contributed by atoms with Crippen molar-refractivity contribution in [3.63, 3.8) is 0 Å². The number of ether oxygens (including phenoxy) is 1. The van der Waals surface area contributed by atoms with Crippen LogP contribution in [-0.2, 0) is 6.61 Å². The topological polar surface area (TPSA) is 69.9 Å². The van der Waals surface area contributed by atoms with Crippen molar-refractivity contribution in [3.05, 3.63) is 23.8 Å². The van der Waals surface area contributed by atoms with Crippen molar-refractivity contribution in [1.29, 1.82) is 0 Å². The molecular formula is C8H11BO4. The van der Waals surface area contributed by atoms with Crippen LogP contribution < -0.4 is 10.2 Å². The van der Waals surface area contributed by atoms with Gasteiger partial charge in [0.15, 0.2) is 0 Å². The first-order valence-corrected chi connectivity index (χ1v) is 3.83. The lowest BCUT2D eigenvalue weighted by atomic mass is 9.77. The first kappa shape index (κ1) is 10.0. The van der Waals surface area contributed by atoms with Gasteiger partial charge >= 0.3 is 7.12 Å². The summed E-state index contributed by atoms with van der Waals surface area (Å²) in [6.45, 7) is -0.246. The van der Waals surface area contributed by atoms with Crippen molar-refractivity contribution < 1.29 is 19.9 Å². The second kappa shape index (κ2) is 4.27. The third-order valence-corrected chi connectivity index (χ3v) is 1.80. The summed E-state index contributed by atoms with van der Waals surface area (Å²) >= 11 is 0. The Labute approximate surface area is 76.6 Å². The van der Waals surface area contributed by atoms with E-state index in [-0.39, 0.29) is 6.61 Å². The van der Waals surface area contributed by atoms with Crippen LogP contribution >= 0.6 is 0 Å². The molecule has 13 heavy (non-hydrogen) atoms. The summed E-state index contributed by atoms with van der Waals surface area (Å²) in [7, 11) is -0.0565. The number of aliphatic hydroxyl groups excluding tert-OH is 1. The number of hydrogen-bond donors (Lipinski definition) is 3. The van der Waals surface area contributed by atoms with Crippen molar-refractivity contribution in [3.8, 4) is 5.75 Å². The summed E-state index contributed by atoms with van der Waals surface area (Å²) in [5.74, 6) is 0.577. The molecule has 0 fully saturated rings. The molecule has 0 aliphatic rings. The lowest BCUT2D eigenvalue weighted by Gasteiger charge is -2.08. The smallest absolute Gasteiger partial charge is 0.488 e. The molecule has 1 aromatic carbocycles. The van der Waals surface area contributed by atoms with Crippen LogP contribution in [0.5, 0.6) is 5.75 Å². The predicted molar refractivity (Wildman–Crippen MR) is 48.7 cm³/mol. The van der Waals surface area contributed by atoms with Crippen molar-refractivity contribution >= 4 is 12.6 Å². The third-order valence-electron chi connectivity index (χ3n) is 1.80. The van der Waals surface area contributed by atoms with E-state index in [9.17, 15) is 0 Å². The summed E-state index contributed by atoms with van der Waals surface area (Å²) in [6.07, 6.45) is 0. The zero-order valence-electron chi connectivity index (χ0n) is 7.27. The van der Waals surface area contributed by atoms with Crippen LogP contribution in [0.15, 0.2) is 18.2 Å². The fourth-order valence-corrected chi connectivity index (χ4v) is 1.10. The second-order valence-electron chi connectivity index (χ2n) is 2.60. The summed E-state index contributed by atoms with van der Waals surface area (Å²) in [4.78, 5) is 0. The Morgan fingerprint density at radius 3 is 2.54 bits per heavy atom. The average molecular weight is 182 g/mol. The summed E-state index contributed by atoms with van der Waals surface area (Å²) < 4.78 is 4.92. The molecular weight excluding hydrogens is 171 g/mol. The van der Waals surface area contributed by atoms with Gasteiger partial charge in [0.1, 0.15) is 5.75 Å². The summed E-state index contributed by atoms with van der Waals surface area (Å²) in [5, 5.41) is 26.7. The highest BCUT2D eigenvalue weighted by Crippen LogP contribution is 2.11. The largest absolute Gasteiger partial charge is 0.497 e. The van der Waals surface area contributed by atoms with Crippen LogP contribution in [0.2, 0.25) is 0 Å². The van der Waals surface area contributed by atoms with Gasteiger partial charge in [0.2, 0.25) is 0 Å². The van der Waals surface area contributed by atoms with Gasteiger partial charge in [-0.1, -0.05) is 6.07 Å². The molecule has 0 atom stereocenters. The molecule has 0 bridgehead atoms. The highest BCUT2D eigenvalue weighted by molar-refractivity contribution is 6.59. The standard InChI is InChI=1S/C8H11BO4/c1-13-7-2-3-8(9(11)12)6(4-7)5-10/h2-4,10-12H,5H2,1H3. The van der Waals surface area contributed by atoms with Gasteiger partial charge in [-0.15, -0.1) is 0 Å². The van der Waals surface area contributed by atoms with Crippen molar-refractivity contribution in [2.45, 2.75) is 6.61 Å². The first-order chi connectivity index (χ1) is 6.19. The Hall–Kier alpha value is -1.04. The summed E-state index contributed by atoms with van der Waals surface area (Å²) in [6, 6.07) is 4.68. The number of hydrogen-bond acceptors (Lipinski definition) is 4. The maximum Gasteiger partial charge on any atom is 0.488 e. The van der Waals surface area contributed by atoms with Gasteiger partial charge in [-0.25, -0.2) is 0 Å². The van der Waals surface area contributed by atoms with E-state index in [1.54, 1.807) is 12.1 Å². The average Bonchev–Trinajstić information content (AvgIpc) is 2.16. The zero-order chi connectivity index (χ0) is 9.84. The Bertz CT molecular complexity index is 287. The Balaban J connectivity index is 3.08. The van der Waals surface area contributed by atoms with Gasteiger partial charge in [0.25, 0.3) is 0 Å². The van der Waals surface area contributed by atoms with E-state index in [1.807, 2.05) is 0 Å². The van der Waals surface area contributed by atoms with E-state index >= 15 is 0 Å². The van der Waals surface area contributed by atoms with Crippen LogP contribution in [-0.4, -0.2) is 29.4 Å². The minimum absolute atomic E-state index is 0.246. The fraction of sp³-hybridized carbons (Fsp3) is 0.250.